The number of hydrogen-bond donors (Lipinski definition) is 1. The van der Waals surface area contributed by atoms with E-state index in [-0.39, 0.29) is 18.1 Å². The van der Waals surface area contributed by atoms with Gasteiger partial charge in [0.2, 0.25) is 5.91 Å². The number of carbonyl (C=O) groups is 2. The Kier molecular flexibility index (Phi) is 4.63. The van der Waals surface area contributed by atoms with Gasteiger partial charge in [-0.05, 0) is 29.5 Å². The van der Waals surface area contributed by atoms with Crippen LogP contribution in [0, 0.1) is 0 Å². The smallest absolute Gasteiger partial charge is 0.230 e. The number of aryl methyl sites for hydroxylation is 1. The largest absolute Gasteiger partial charge is 0.302 e. The summed E-state index contributed by atoms with van der Waals surface area (Å²) in [7, 11) is 0. The molecule has 4 nitrogen and oxygen atoms in total. The van der Waals surface area contributed by atoms with Gasteiger partial charge in [0.25, 0.3) is 0 Å². The molecule has 1 heterocycles. The number of benzene rings is 2. The highest BCUT2D eigenvalue weighted by atomic mass is 32.1. The Hall–Kier alpha value is -2.79. The van der Waals surface area contributed by atoms with Gasteiger partial charge in [0.1, 0.15) is 0 Å². The van der Waals surface area contributed by atoms with Crippen molar-refractivity contribution >= 4 is 28.2 Å². The van der Waals surface area contributed by atoms with Crippen LogP contribution in [0.15, 0.2) is 54.6 Å². The molecular formula is C21H18N2O2S. The molecule has 2 aromatic carbocycles. The molecule has 1 aromatic heterocycles. The molecule has 1 aliphatic carbocycles. The maximum atomic E-state index is 12.3. The molecule has 0 atom stereocenters. The van der Waals surface area contributed by atoms with Crippen LogP contribution < -0.4 is 5.32 Å². The summed E-state index contributed by atoms with van der Waals surface area (Å²) in [5, 5.41) is 3.35. The number of amides is 1. The minimum absolute atomic E-state index is 0.115. The summed E-state index contributed by atoms with van der Waals surface area (Å²) in [5.74, 6) is 0.0248. The SMILES string of the molecule is O=C(Cc1ccc(-c2ccccc2)cc1)Nc1nc2c(s1)C(=O)CCC2. The first-order valence-corrected chi connectivity index (χ1v) is 9.48. The van der Waals surface area contributed by atoms with Crippen molar-refractivity contribution in [3.63, 3.8) is 0 Å². The zero-order valence-electron chi connectivity index (χ0n) is 14.2. The highest BCUT2D eigenvalue weighted by Gasteiger charge is 2.22. The third kappa shape index (κ3) is 3.58. The number of rotatable bonds is 4. The number of nitrogens with one attached hydrogen (secondary N) is 1. The molecule has 1 aliphatic rings. The number of Topliss-reactive ketones (excluding diaryl/α,β-unsaturated/α-hetero) is 1. The summed E-state index contributed by atoms with van der Waals surface area (Å²) < 4.78 is 0. The van der Waals surface area contributed by atoms with Crippen LogP contribution in [0.3, 0.4) is 0 Å². The molecule has 0 unspecified atom stereocenters. The minimum Gasteiger partial charge on any atom is -0.302 e. The fraction of sp³-hybridized carbons (Fsp3) is 0.190. The van der Waals surface area contributed by atoms with Gasteiger partial charge >= 0.3 is 0 Å². The van der Waals surface area contributed by atoms with E-state index in [9.17, 15) is 9.59 Å². The zero-order valence-corrected chi connectivity index (χ0v) is 15.0. The van der Waals surface area contributed by atoms with Crippen molar-refractivity contribution < 1.29 is 9.59 Å². The Morgan fingerprint density at radius 2 is 1.73 bits per heavy atom. The van der Waals surface area contributed by atoms with E-state index in [4.69, 9.17) is 0 Å². The van der Waals surface area contributed by atoms with E-state index in [2.05, 4.69) is 22.4 Å². The standard InChI is InChI=1S/C21H18N2O2S/c24-18-8-4-7-17-20(18)26-21(22-17)23-19(25)13-14-9-11-16(12-10-14)15-5-2-1-3-6-15/h1-3,5-6,9-12H,4,7-8,13H2,(H,22,23,25). The zero-order chi connectivity index (χ0) is 17.9. The molecule has 0 saturated carbocycles. The lowest BCUT2D eigenvalue weighted by molar-refractivity contribution is -0.115. The molecule has 0 radical (unpaired) electrons. The summed E-state index contributed by atoms with van der Waals surface area (Å²) in [4.78, 5) is 29.3. The number of thiazole rings is 1. The van der Waals surface area contributed by atoms with Crippen molar-refractivity contribution in [2.45, 2.75) is 25.7 Å². The lowest BCUT2D eigenvalue weighted by Gasteiger charge is -2.05. The van der Waals surface area contributed by atoms with E-state index in [0.29, 0.717) is 16.4 Å². The van der Waals surface area contributed by atoms with E-state index >= 15 is 0 Å². The molecule has 5 heteroatoms. The molecule has 0 bridgehead atoms. The van der Waals surface area contributed by atoms with E-state index in [1.807, 2.05) is 42.5 Å². The minimum atomic E-state index is -0.115. The molecule has 1 amide bonds. The number of hydrogen-bond acceptors (Lipinski definition) is 4. The van der Waals surface area contributed by atoms with E-state index in [1.54, 1.807) is 0 Å². The number of aromatic nitrogens is 1. The molecule has 3 aromatic rings. The van der Waals surface area contributed by atoms with Gasteiger partial charge in [0.05, 0.1) is 17.0 Å². The van der Waals surface area contributed by atoms with Gasteiger partial charge in [-0.2, -0.15) is 0 Å². The van der Waals surface area contributed by atoms with Crippen molar-refractivity contribution in [2.24, 2.45) is 0 Å². The van der Waals surface area contributed by atoms with Crippen molar-refractivity contribution in [3.05, 3.63) is 70.7 Å². The van der Waals surface area contributed by atoms with Gasteiger partial charge in [-0.25, -0.2) is 4.98 Å². The second-order valence-electron chi connectivity index (χ2n) is 6.36. The first-order valence-electron chi connectivity index (χ1n) is 8.66. The number of ketones is 1. The Morgan fingerprint density at radius 1 is 1.00 bits per heavy atom. The van der Waals surface area contributed by atoms with Crippen LogP contribution in [0.5, 0.6) is 0 Å². The maximum absolute atomic E-state index is 12.3. The van der Waals surface area contributed by atoms with Crippen LogP contribution in [0.4, 0.5) is 5.13 Å². The van der Waals surface area contributed by atoms with E-state index < -0.39 is 0 Å². The normalized spacial score (nSPS) is 13.3. The molecule has 0 spiro atoms. The molecule has 0 fully saturated rings. The van der Waals surface area contributed by atoms with Crippen LogP contribution in [-0.4, -0.2) is 16.7 Å². The van der Waals surface area contributed by atoms with Gasteiger partial charge < -0.3 is 5.32 Å². The highest BCUT2D eigenvalue weighted by Crippen LogP contribution is 2.29. The lowest BCUT2D eigenvalue weighted by atomic mass is 10.0. The molecule has 0 saturated heterocycles. The third-order valence-electron chi connectivity index (χ3n) is 4.44. The van der Waals surface area contributed by atoms with E-state index in [0.717, 1.165) is 35.2 Å². The Balaban J connectivity index is 1.41. The average Bonchev–Trinajstić information content (AvgIpc) is 3.07. The predicted molar refractivity (Wildman–Crippen MR) is 104 cm³/mol. The summed E-state index contributed by atoms with van der Waals surface area (Å²) in [6.45, 7) is 0. The number of carbonyl (C=O) groups excluding carboxylic acids is 2. The van der Waals surface area contributed by atoms with Crippen molar-refractivity contribution in [1.82, 2.24) is 4.98 Å². The summed E-state index contributed by atoms with van der Waals surface area (Å²) in [5.41, 5.74) is 4.05. The fourth-order valence-corrected chi connectivity index (χ4v) is 4.11. The highest BCUT2D eigenvalue weighted by molar-refractivity contribution is 7.17. The lowest BCUT2D eigenvalue weighted by Crippen LogP contribution is -2.14. The van der Waals surface area contributed by atoms with Gasteiger partial charge in [0, 0.05) is 6.42 Å². The second-order valence-corrected chi connectivity index (χ2v) is 7.36. The van der Waals surface area contributed by atoms with Crippen molar-refractivity contribution in [2.75, 3.05) is 5.32 Å². The van der Waals surface area contributed by atoms with Crippen LogP contribution >= 0.6 is 11.3 Å². The van der Waals surface area contributed by atoms with Crippen LogP contribution in [0.25, 0.3) is 11.1 Å². The maximum Gasteiger partial charge on any atom is 0.230 e. The van der Waals surface area contributed by atoms with Gasteiger partial charge in [-0.1, -0.05) is 65.9 Å². The summed E-state index contributed by atoms with van der Waals surface area (Å²) >= 11 is 1.29. The molecule has 0 aliphatic heterocycles. The fourth-order valence-electron chi connectivity index (χ4n) is 3.12. The number of fused-ring (bicyclic) bond motifs is 1. The topological polar surface area (TPSA) is 59.1 Å². The summed E-state index contributed by atoms with van der Waals surface area (Å²) in [6.07, 6.45) is 2.52. The van der Waals surface area contributed by atoms with Crippen LogP contribution in [-0.2, 0) is 17.6 Å². The molecule has 26 heavy (non-hydrogen) atoms. The van der Waals surface area contributed by atoms with E-state index in [1.165, 1.54) is 11.3 Å². The summed E-state index contributed by atoms with van der Waals surface area (Å²) in [6, 6.07) is 18.1. The number of nitrogens with zero attached hydrogens (tertiary/aromatic N) is 1. The Labute approximate surface area is 155 Å². The first-order chi connectivity index (χ1) is 12.7. The second kappa shape index (κ2) is 7.22. The van der Waals surface area contributed by atoms with Gasteiger partial charge in [-0.15, -0.1) is 0 Å². The van der Waals surface area contributed by atoms with Crippen molar-refractivity contribution in [3.8, 4) is 11.1 Å². The van der Waals surface area contributed by atoms with Gasteiger partial charge in [0.15, 0.2) is 10.9 Å². The Morgan fingerprint density at radius 3 is 2.46 bits per heavy atom. The molecule has 4 rings (SSSR count). The van der Waals surface area contributed by atoms with Gasteiger partial charge in [-0.3, -0.25) is 9.59 Å². The number of anilines is 1. The van der Waals surface area contributed by atoms with Crippen molar-refractivity contribution in [1.29, 1.82) is 0 Å². The quantitative estimate of drug-likeness (QED) is 0.743. The molecule has 130 valence electrons. The third-order valence-corrected chi connectivity index (χ3v) is 5.49. The Bertz CT molecular complexity index is 946. The monoisotopic (exact) mass is 362 g/mol. The van der Waals surface area contributed by atoms with Crippen LogP contribution in [0.2, 0.25) is 0 Å². The predicted octanol–water partition coefficient (Wildman–Crippen LogP) is 4.51. The molecule has 1 N–H and O–H groups in total. The first kappa shape index (κ1) is 16.7. The average molecular weight is 362 g/mol. The molecular weight excluding hydrogens is 344 g/mol. The van der Waals surface area contributed by atoms with Crippen LogP contribution in [0.1, 0.15) is 33.8 Å².